The van der Waals surface area contributed by atoms with Crippen LogP contribution in [0.4, 0.5) is 0 Å². The molecule has 0 aromatic carbocycles. The molecule has 2 aliphatic heterocycles. The van der Waals surface area contributed by atoms with Crippen LogP contribution in [0.3, 0.4) is 0 Å². The average Bonchev–Trinajstić information content (AvgIpc) is 2.80. The van der Waals surface area contributed by atoms with Crippen LogP contribution in [0.15, 0.2) is 0 Å². The summed E-state index contributed by atoms with van der Waals surface area (Å²) in [6, 6.07) is 0.753. The fourth-order valence-electron chi connectivity index (χ4n) is 3.63. The van der Waals surface area contributed by atoms with E-state index in [2.05, 4.69) is 10.2 Å². The Morgan fingerprint density at radius 2 is 1.94 bits per heavy atom. The second-order valence-electron chi connectivity index (χ2n) is 5.60. The van der Waals surface area contributed by atoms with Crippen molar-refractivity contribution in [2.75, 3.05) is 32.8 Å². The van der Waals surface area contributed by atoms with Crippen LogP contribution in [-0.2, 0) is 4.74 Å². The molecule has 0 aromatic rings. The van der Waals surface area contributed by atoms with Crippen molar-refractivity contribution in [3.05, 3.63) is 0 Å². The highest BCUT2D eigenvalue weighted by molar-refractivity contribution is 5.85. The topological polar surface area (TPSA) is 24.5 Å². The van der Waals surface area contributed by atoms with E-state index in [1.54, 1.807) is 0 Å². The van der Waals surface area contributed by atoms with Crippen LogP contribution in [0, 0.1) is 5.92 Å². The molecule has 1 saturated carbocycles. The molecule has 0 aromatic heterocycles. The minimum absolute atomic E-state index is 0. The number of hydrogen-bond acceptors (Lipinski definition) is 3. The van der Waals surface area contributed by atoms with Gasteiger partial charge in [-0.05, 0) is 51.1 Å². The molecule has 3 aliphatic rings. The molecule has 0 radical (unpaired) electrons. The summed E-state index contributed by atoms with van der Waals surface area (Å²) in [7, 11) is 0. The Balaban J connectivity index is 0.00000108. The molecule has 3 nitrogen and oxygen atoms in total. The number of rotatable bonds is 2. The van der Waals surface area contributed by atoms with Crippen molar-refractivity contribution >= 4 is 12.4 Å². The Morgan fingerprint density at radius 3 is 2.76 bits per heavy atom. The first-order valence-corrected chi connectivity index (χ1v) is 7.00. The lowest BCUT2D eigenvalue weighted by molar-refractivity contribution is -0.0613. The zero-order valence-corrected chi connectivity index (χ0v) is 11.4. The SMILES string of the molecule is C1CC2OCCN(CC3CCNCC3)C2C1.Cl. The standard InChI is InChI=1S/C13H24N2O.ClH/c1-2-12-13(3-1)16-9-8-15(12)10-11-4-6-14-7-5-11;/h11-14H,1-10H2;1H. The molecule has 3 fully saturated rings. The van der Waals surface area contributed by atoms with Crippen molar-refractivity contribution in [1.82, 2.24) is 10.2 Å². The van der Waals surface area contributed by atoms with Gasteiger partial charge in [-0.15, -0.1) is 12.4 Å². The first-order valence-electron chi connectivity index (χ1n) is 7.00. The molecule has 0 spiro atoms. The number of piperidine rings is 1. The van der Waals surface area contributed by atoms with E-state index >= 15 is 0 Å². The van der Waals surface area contributed by atoms with E-state index in [1.165, 1.54) is 58.3 Å². The molecular weight excluding hydrogens is 236 g/mol. The highest BCUT2D eigenvalue weighted by Gasteiger charge is 2.36. The van der Waals surface area contributed by atoms with E-state index in [9.17, 15) is 0 Å². The van der Waals surface area contributed by atoms with Crippen LogP contribution in [0.2, 0.25) is 0 Å². The maximum Gasteiger partial charge on any atom is 0.0730 e. The van der Waals surface area contributed by atoms with Gasteiger partial charge in [0.25, 0.3) is 0 Å². The minimum atomic E-state index is 0. The lowest BCUT2D eigenvalue weighted by Gasteiger charge is -2.40. The van der Waals surface area contributed by atoms with Crippen LogP contribution in [0.1, 0.15) is 32.1 Å². The smallest absolute Gasteiger partial charge is 0.0730 e. The predicted octanol–water partition coefficient (Wildman–Crippen LogP) is 1.66. The largest absolute Gasteiger partial charge is 0.375 e. The molecule has 100 valence electrons. The number of ether oxygens (including phenoxy) is 1. The van der Waals surface area contributed by atoms with Crippen molar-refractivity contribution < 1.29 is 4.74 Å². The third kappa shape index (κ3) is 3.14. The molecule has 1 aliphatic carbocycles. The summed E-state index contributed by atoms with van der Waals surface area (Å²) in [6.45, 7) is 5.91. The summed E-state index contributed by atoms with van der Waals surface area (Å²) in [5.41, 5.74) is 0. The molecule has 2 atom stereocenters. The van der Waals surface area contributed by atoms with E-state index in [-0.39, 0.29) is 12.4 Å². The lowest BCUT2D eigenvalue weighted by atomic mass is 9.96. The van der Waals surface area contributed by atoms with Gasteiger partial charge in [0.2, 0.25) is 0 Å². The molecule has 0 amide bonds. The first-order chi connectivity index (χ1) is 7.93. The lowest BCUT2D eigenvalue weighted by Crippen LogP contribution is -2.50. The van der Waals surface area contributed by atoms with Gasteiger partial charge in [-0.3, -0.25) is 4.90 Å². The quantitative estimate of drug-likeness (QED) is 0.817. The van der Waals surface area contributed by atoms with E-state index < -0.39 is 0 Å². The Morgan fingerprint density at radius 1 is 1.12 bits per heavy atom. The predicted molar refractivity (Wildman–Crippen MR) is 71.8 cm³/mol. The van der Waals surface area contributed by atoms with Gasteiger partial charge in [0.1, 0.15) is 0 Å². The fraction of sp³-hybridized carbons (Fsp3) is 1.00. The maximum absolute atomic E-state index is 5.87. The van der Waals surface area contributed by atoms with Crippen molar-refractivity contribution in [2.45, 2.75) is 44.2 Å². The van der Waals surface area contributed by atoms with Gasteiger partial charge in [0.05, 0.1) is 12.7 Å². The summed E-state index contributed by atoms with van der Waals surface area (Å²) < 4.78 is 5.87. The van der Waals surface area contributed by atoms with Gasteiger partial charge in [0.15, 0.2) is 0 Å². The van der Waals surface area contributed by atoms with E-state index in [0.717, 1.165) is 18.6 Å². The van der Waals surface area contributed by atoms with Gasteiger partial charge in [0, 0.05) is 19.1 Å². The summed E-state index contributed by atoms with van der Waals surface area (Å²) in [4.78, 5) is 2.73. The Bertz CT molecular complexity index is 233. The summed E-state index contributed by atoms with van der Waals surface area (Å²) in [6.07, 6.45) is 7.35. The Hall–Kier alpha value is 0.170. The molecular formula is C13H25ClN2O. The van der Waals surface area contributed by atoms with E-state index in [0.29, 0.717) is 6.10 Å². The van der Waals surface area contributed by atoms with Gasteiger partial charge in [-0.1, -0.05) is 0 Å². The molecule has 2 heterocycles. The normalized spacial score (nSPS) is 35.3. The second kappa shape index (κ2) is 6.37. The van der Waals surface area contributed by atoms with Gasteiger partial charge in [-0.25, -0.2) is 0 Å². The van der Waals surface area contributed by atoms with Crippen molar-refractivity contribution in [3.63, 3.8) is 0 Å². The third-order valence-corrected chi connectivity index (χ3v) is 4.55. The maximum atomic E-state index is 5.87. The summed E-state index contributed by atoms with van der Waals surface area (Å²) in [5.74, 6) is 0.931. The molecule has 1 N–H and O–H groups in total. The van der Waals surface area contributed by atoms with Gasteiger partial charge < -0.3 is 10.1 Å². The van der Waals surface area contributed by atoms with Crippen LogP contribution in [0.25, 0.3) is 0 Å². The number of nitrogens with one attached hydrogen (secondary N) is 1. The number of hydrogen-bond donors (Lipinski definition) is 1. The second-order valence-corrected chi connectivity index (χ2v) is 5.60. The van der Waals surface area contributed by atoms with Gasteiger partial charge in [-0.2, -0.15) is 0 Å². The van der Waals surface area contributed by atoms with Crippen LogP contribution in [-0.4, -0.2) is 49.8 Å². The number of nitrogens with zero attached hydrogens (tertiary/aromatic N) is 1. The third-order valence-electron chi connectivity index (χ3n) is 4.55. The molecule has 0 bridgehead atoms. The number of morpholine rings is 1. The van der Waals surface area contributed by atoms with Gasteiger partial charge >= 0.3 is 0 Å². The minimum Gasteiger partial charge on any atom is -0.375 e. The van der Waals surface area contributed by atoms with E-state index in [4.69, 9.17) is 4.74 Å². The monoisotopic (exact) mass is 260 g/mol. The molecule has 4 heteroatoms. The van der Waals surface area contributed by atoms with Crippen molar-refractivity contribution in [1.29, 1.82) is 0 Å². The number of fused-ring (bicyclic) bond motifs is 1. The molecule has 2 unspecified atom stereocenters. The number of halogens is 1. The van der Waals surface area contributed by atoms with Crippen LogP contribution in [0.5, 0.6) is 0 Å². The Kier molecular flexibility index (Phi) is 5.10. The average molecular weight is 261 g/mol. The molecule has 3 rings (SSSR count). The highest BCUT2D eigenvalue weighted by Crippen LogP contribution is 2.30. The zero-order chi connectivity index (χ0) is 10.8. The van der Waals surface area contributed by atoms with Crippen LogP contribution >= 0.6 is 12.4 Å². The Labute approximate surface area is 111 Å². The van der Waals surface area contributed by atoms with E-state index in [1.807, 2.05) is 0 Å². The summed E-state index contributed by atoms with van der Waals surface area (Å²) >= 11 is 0. The molecule has 2 saturated heterocycles. The molecule has 17 heavy (non-hydrogen) atoms. The highest BCUT2D eigenvalue weighted by atomic mass is 35.5. The van der Waals surface area contributed by atoms with Crippen molar-refractivity contribution in [2.24, 2.45) is 5.92 Å². The van der Waals surface area contributed by atoms with Crippen LogP contribution < -0.4 is 5.32 Å². The summed E-state index contributed by atoms with van der Waals surface area (Å²) in [5, 5.41) is 3.46. The fourth-order valence-corrected chi connectivity index (χ4v) is 3.63. The zero-order valence-electron chi connectivity index (χ0n) is 10.6. The van der Waals surface area contributed by atoms with Crippen molar-refractivity contribution in [3.8, 4) is 0 Å². The first kappa shape index (κ1) is 13.6.